The summed E-state index contributed by atoms with van der Waals surface area (Å²) < 4.78 is 50.2. The van der Waals surface area contributed by atoms with Gasteiger partial charge in [-0.15, -0.1) is 0 Å². The Hall–Kier alpha value is -3.33. The van der Waals surface area contributed by atoms with E-state index in [-0.39, 0.29) is 6.61 Å². The molecule has 0 saturated heterocycles. The van der Waals surface area contributed by atoms with Crippen molar-refractivity contribution in [3.8, 4) is 28.3 Å². The van der Waals surface area contributed by atoms with E-state index >= 15 is 0 Å². The van der Waals surface area contributed by atoms with Crippen LogP contribution in [0.5, 0.6) is 11.5 Å². The van der Waals surface area contributed by atoms with Gasteiger partial charge in [0.15, 0.2) is 11.5 Å². The Morgan fingerprint density at radius 1 is 1.00 bits per heavy atom. The van der Waals surface area contributed by atoms with Crippen LogP contribution in [0.2, 0.25) is 0 Å². The van der Waals surface area contributed by atoms with Crippen LogP contribution < -0.4 is 15.0 Å². The lowest BCUT2D eigenvalue weighted by Gasteiger charge is -2.19. The van der Waals surface area contributed by atoms with E-state index in [0.29, 0.717) is 28.3 Å². The molecule has 0 fully saturated rings. The standard InChI is InChI=1S/C22H21F3N2O4/c1-21(2,29)13-31-18-9-8-17(11-19(18)30-3)27-20(28)10-15(12-26-27)14-4-6-16(7-5-14)22(23,24)25/h4-12,29H,13H2,1-3H3. The van der Waals surface area contributed by atoms with Gasteiger partial charge in [0.1, 0.15) is 6.61 Å². The lowest BCUT2D eigenvalue weighted by molar-refractivity contribution is -0.137. The van der Waals surface area contributed by atoms with E-state index in [1.54, 1.807) is 32.0 Å². The Kier molecular flexibility index (Phi) is 6.08. The molecule has 0 spiro atoms. The molecule has 1 heterocycles. The number of nitrogens with zero attached hydrogens (tertiary/aromatic N) is 2. The van der Waals surface area contributed by atoms with Crippen molar-refractivity contribution in [2.75, 3.05) is 13.7 Å². The average molecular weight is 434 g/mol. The molecule has 0 radical (unpaired) electrons. The minimum atomic E-state index is -4.43. The minimum absolute atomic E-state index is 0.0444. The van der Waals surface area contributed by atoms with Gasteiger partial charge in [0.25, 0.3) is 5.56 Å². The molecule has 0 unspecified atom stereocenters. The fourth-order valence-electron chi connectivity index (χ4n) is 2.77. The molecule has 31 heavy (non-hydrogen) atoms. The lowest BCUT2D eigenvalue weighted by Crippen LogP contribution is -2.28. The molecule has 0 aliphatic heterocycles. The molecule has 3 aromatic rings. The van der Waals surface area contributed by atoms with Crippen LogP contribution in [0.25, 0.3) is 16.8 Å². The average Bonchev–Trinajstić information content (AvgIpc) is 2.71. The maximum absolute atomic E-state index is 12.7. The molecular weight excluding hydrogens is 413 g/mol. The molecular formula is C22H21F3N2O4. The minimum Gasteiger partial charge on any atom is -0.493 e. The highest BCUT2D eigenvalue weighted by Crippen LogP contribution is 2.31. The van der Waals surface area contributed by atoms with Gasteiger partial charge in [-0.1, -0.05) is 12.1 Å². The Bertz CT molecular complexity index is 1120. The topological polar surface area (TPSA) is 73.6 Å². The van der Waals surface area contributed by atoms with Crippen molar-refractivity contribution < 1.29 is 27.8 Å². The van der Waals surface area contributed by atoms with Crippen molar-refractivity contribution in [1.29, 1.82) is 0 Å². The largest absolute Gasteiger partial charge is 0.493 e. The molecule has 0 bridgehead atoms. The van der Waals surface area contributed by atoms with E-state index in [0.717, 1.165) is 16.8 Å². The molecule has 0 amide bonds. The second-order valence-electron chi connectivity index (χ2n) is 7.51. The molecule has 0 aliphatic carbocycles. The van der Waals surface area contributed by atoms with Crippen molar-refractivity contribution >= 4 is 0 Å². The number of rotatable bonds is 6. The number of hydrogen-bond acceptors (Lipinski definition) is 5. The van der Waals surface area contributed by atoms with Crippen molar-refractivity contribution in [2.24, 2.45) is 0 Å². The van der Waals surface area contributed by atoms with Crippen LogP contribution >= 0.6 is 0 Å². The number of aromatic nitrogens is 2. The maximum atomic E-state index is 12.7. The van der Waals surface area contributed by atoms with Gasteiger partial charge in [0.2, 0.25) is 0 Å². The van der Waals surface area contributed by atoms with Gasteiger partial charge < -0.3 is 14.6 Å². The molecule has 6 nitrogen and oxygen atoms in total. The normalized spacial score (nSPS) is 12.0. The third-order valence-corrected chi connectivity index (χ3v) is 4.32. The van der Waals surface area contributed by atoms with E-state index in [9.17, 15) is 23.1 Å². The molecule has 164 valence electrons. The van der Waals surface area contributed by atoms with Crippen LogP contribution in [0.4, 0.5) is 13.2 Å². The fraction of sp³-hybridized carbons (Fsp3) is 0.273. The number of ether oxygens (including phenoxy) is 2. The second kappa shape index (κ2) is 8.43. The second-order valence-corrected chi connectivity index (χ2v) is 7.51. The first-order chi connectivity index (χ1) is 14.5. The summed E-state index contributed by atoms with van der Waals surface area (Å²) >= 11 is 0. The number of halogens is 3. The molecule has 0 saturated carbocycles. The first-order valence-electron chi connectivity index (χ1n) is 9.28. The number of hydrogen-bond donors (Lipinski definition) is 1. The first-order valence-corrected chi connectivity index (χ1v) is 9.28. The van der Waals surface area contributed by atoms with Gasteiger partial charge in [-0.05, 0) is 43.7 Å². The van der Waals surface area contributed by atoms with Crippen LogP contribution in [0, 0.1) is 0 Å². The highest BCUT2D eigenvalue weighted by molar-refractivity contribution is 5.62. The van der Waals surface area contributed by atoms with Gasteiger partial charge in [-0.25, -0.2) is 0 Å². The van der Waals surface area contributed by atoms with E-state index in [1.807, 2.05) is 0 Å². The fourth-order valence-corrected chi connectivity index (χ4v) is 2.77. The van der Waals surface area contributed by atoms with Gasteiger partial charge in [-0.2, -0.15) is 23.0 Å². The van der Waals surface area contributed by atoms with Crippen LogP contribution in [0.1, 0.15) is 19.4 Å². The molecule has 3 rings (SSSR count). The summed E-state index contributed by atoms with van der Waals surface area (Å²) in [5.74, 6) is 0.741. The predicted molar refractivity (Wildman–Crippen MR) is 109 cm³/mol. The zero-order chi connectivity index (χ0) is 22.8. The highest BCUT2D eigenvalue weighted by atomic mass is 19.4. The maximum Gasteiger partial charge on any atom is 0.416 e. The Balaban J connectivity index is 1.88. The number of alkyl halides is 3. The van der Waals surface area contributed by atoms with E-state index < -0.39 is 22.9 Å². The Labute approximate surface area is 176 Å². The van der Waals surface area contributed by atoms with Crippen LogP contribution in [0.15, 0.2) is 59.5 Å². The zero-order valence-electron chi connectivity index (χ0n) is 17.1. The van der Waals surface area contributed by atoms with Crippen LogP contribution in [0.3, 0.4) is 0 Å². The Morgan fingerprint density at radius 2 is 1.68 bits per heavy atom. The zero-order valence-corrected chi connectivity index (χ0v) is 17.1. The molecule has 0 aliphatic rings. The quantitative estimate of drug-likeness (QED) is 0.633. The summed E-state index contributed by atoms with van der Waals surface area (Å²) in [6.45, 7) is 3.26. The summed E-state index contributed by atoms with van der Waals surface area (Å²) in [6.07, 6.45) is -3.03. The van der Waals surface area contributed by atoms with E-state index in [2.05, 4.69) is 5.10 Å². The van der Waals surface area contributed by atoms with Gasteiger partial charge in [-0.3, -0.25) is 4.79 Å². The van der Waals surface area contributed by atoms with Crippen molar-refractivity contribution in [1.82, 2.24) is 9.78 Å². The highest BCUT2D eigenvalue weighted by Gasteiger charge is 2.30. The lowest BCUT2D eigenvalue weighted by atomic mass is 10.1. The molecule has 1 N–H and O–H groups in total. The number of benzene rings is 2. The van der Waals surface area contributed by atoms with Gasteiger partial charge in [0, 0.05) is 17.7 Å². The van der Waals surface area contributed by atoms with Crippen LogP contribution in [-0.2, 0) is 6.18 Å². The third-order valence-electron chi connectivity index (χ3n) is 4.32. The van der Waals surface area contributed by atoms with Crippen molar-refractivity contribution in [2.45, 2.75) is 25.6 Å². The van der Waals surface area contributed by atoms with Crippen LogP contribution in [-0.4, -0.2) is 34.2 Å². The predicted octanol–water partition coefficient (Wildman–Crippen LogP) is 4.08. The summed E-state index contributed by atoms with van der Waals surface area (Å²) in [6, 6.07) is 10.6. The SMILES string of the molecule is COc1cc(-n2ncc(-c3ccc(C(F)(F)F)cc3)cc2=O)ccc1OCC(C)(C)O. The van der Waals surface area contributed by atoms with Crippen molar-refractivity contribution in [3.05, 3.63) is 70.6 Å². The van der Waals surface area contributed by atoms with E-state index in [1.165, 1.54) is 31.5 Å². The summed E-state index contributed by atoms with van der Waals surface area (Å²) in [5.41, 5.74) is -1.02. The van der Waals surface area contributed by atoms with E-state index in [4.69, 9.17) is 9.47 Å². The monoisotopic (exact) mass is 434 g/mol. The summed E-state index contributed by atoms with van der Waals surface area (Å²) in [7, 11) is 1.44. The Morgan fingerprint density at radius 3 is 2.23 bits per heavy atom. The molecule has 1 aromatic heterocycles. The molecule has 2 aromatic carbocycles. The van der Waals surface area contributed by atoms with Gasteiger partial charge in [0.05, 0.1) is 30.2 Å². The molecule has 9 heteroatoms. The summed E-state index contributed by atoms with van der Waals surface area (Å²) in [5, 5.41) is 13.9. The smallest absolute Gasteiger partial charge is 0.416 e. The van der Waals surface area contributed by atoms with Crippen molar-refractivity contribution in [3.63, 3.8) is 0 Å². The third kappa shape index (κ3) is 5.43. The first kappa shape index (κ1) is 22.4. The van der Waals surface area contributed by atoms with Gasteiger partial charge >= 0.3 is 6.18 Å². The summed E-state index contributed by atoms with van der Waals surface area (Å²) in [4.78, 5) is 12.6. The number of aliphatic hydroxyl groups is 1. The molecule has 0 atom stereocenters. The number of methoxy groups -OCH3 is 1.